The molecule has 0 spiro atoms. The fourth-order valence-corrected chi connectivity index (χ4v) is 2.24. The van der Waals surface area contributed by atoms with Gasteiger partial charge in [0.2, 0.25) is 5.91 Å². The van der Waals surface area contributed by atoms with Gasteiger partial charge in [0.15, 0.2) is 0 Å². The normalized spacial score (nSPS) is 21.4. The van der Waals surface area contributed by atoms with E-state index in [2.05, 4.69) is 16.3 Å². The number of nitriles is 1. The van der Waals surface area contributed by atoms with Crippen LogP contribution in [0.5, 0.6) is 0 Å². The molecule has 16 heavy (non-hydrogen) atoms. The summed E-state index contributed by atoms with van der Waals surface area (Å²) < 4.78 is 0. The molecule has 0 bridgehead atoms. The number of nitrogens with zero attached hydrogens (tertiary/aromatic N) is 2. The Hall–Kier alpha value is -1.08. The number of piperidine rings is 1. The van der Waals surface area contributed by atoms with Crippen molar-refractivity contribution in [2.75, 3.05) is 20.1 Å². The topological polar surface area (TPSA) is 56.1 Å². The van der Waals surface area contributed by atoms with Crippen LogP contribution in [0.25, 0.3) is 0 Å². The quantitative estimate of drug-likeness (QED) is 0.714. The number of nitrogens with one attached hydrogen (secondary N) is 1. The largest absolute Gasteiger partial charge is 0.358 e. The lowest BCUT2D eigenvalue weighted by atomic mass is 10.0. The summed E-state index contributed by atoms with van der Waals surface area (Å²) in [5.41, 5.74) is 0. The zero-order valence-corrected chi connectivity index (χ0v) is 10.0. The molecule has 90 valence electrons. The van der Waals surface area contributed by atoms with Gasteiger partial charge >= 0.3 is 0 Å². The van der Waals surface area contributed by atoms with Crippen molar-refractivity contribution in [3.8, 4) is 6.07 Å². The zero-order valence-electron chi connectivity index (χ0n) is 10.0. The van der Waals surface area contributed by atoms with Crippen molar-refractivity contribution in [1.82, 2.24) is 10.2 Å². The maximum Gasteiger partial charge on any atom is 0.237 e. The van der Waals surface area contributed by atoms with Gasteiger partial charge in [0.1, 0.15) is 0 Å². The van der Waals surface area contributed by atoms with E-state index < -0.39 is 0 Å². The molecule has 0 aromatic heterocycles. The molecule has 1 N–H and O–H groups in total. The van der Waals surface area contributed by atoms with E-state index in [0.717, 1.165) is 38.8 Å². The van der Waals surface area contributed by atoms with Crippen LogP contribution in [0.4, 0.5) is 0 Å². The van der Waals surface area contributed by atoms with Crippen molar-refractivity contribution >= 4 is 5.91 Å². The molecule has 0 aromatic carbocycles. The summed E-state index contributed by atoms with van der Waals surface area (Å²) in [5.74, 6) is 0.139. The Labute approximate surface area is 97.6 Å². The van der Waals surface area contributed by atoms with E-state index in [0.29, 0.717) is 6.42 Å². The molecular weight excluding hydrogens is 202 g/mol. The third-order valence-corrected chi connectivity index (χ3v) is 3.15. The molecule has 4 nitrogen and oxygen atoms in total. The number of likely N-dealkylation sites (tertiary alicyclic amines) is 1. The van der Waals surface area contributed by atoms with Crippen LogP contribution in [-0.4, -0.2) is 37.0 Å². The molecule has 4 heteroatoms. The van der Waals surface area contributed by atoms with Gasteiger partial charge in [-0.2, -0.15) is 5.26 Å². The van der Waals surface area contributed by atoms with Gasteiger partial charge in [0.05, 0.1) is 12.1 Å². The number of hydrogen-bond donors (Lipinski definition) is 1. The fraction of sp³-hybridized carbons (Fsp3) is 0.833. The fourth-order valence-electron chi connectivity index (χ4n) is 2.24. The van der Waals surface area contributed by atoms with Crippen molar-refractivity contribution in [3.05, 3.63) is 0 Å². The van der Waals surface area contributed by atoms with Gasteiger partial charge in [0.25, 0.3) is 0 Å². The van der Waals surface area contributed by atoms with Crippen LogP contribution in [0, 0.1) is 11.3 Å². The number of carbonyl (C=O) groups excluding carboxylic acids is 1. The number of amides is 1. The van der Waals surface area contributed by atoms with E-state index in [-0.39, 0.29) is 11.9 Å². The third-order valence-electron chi connectivity index (χ3n) is 3.15. The summed E-state index contributed by atoms with van der Waals surface area (Å²) in [6.07, 6.45) is 5.88. The molecule has 1 unspecified atom stereocenters. The van der Waals surface area contributed by atoms with Gasteiger partial charge in [-0.1, -0.05) is 6.42 Å². The predicted octanol–water partition coefficient (Wildman–Crippen LogP) is 1.28. The van der Waals surface area contributed by atoms with Crippen LogP contribution in [0.3, 0.4) is 0 Å². The van der Waals surface area contributed by atoms with Crippen LogP contribution < -0.4 is 5.32 Å². The first-order valence-corrected chi connectivity index (χ1v) is 6.12. The average Bonchev–Trinajstić information content (AvgIpc) is 2.34. The SMILES string of the molecule is CNC(=O)C1CCCCN1CCCCC#N. The van der Waals surface area contributed by atoms with E-state index >= 15 is 0 Å². The lowest BCUT2D eigenvalue weighted by Gasteiger charge is -2.34. The standard InChI is InChI=1S/C12H21N3O/c1-14-12(16)11-7-3-6-10-15(11)9-5-2-4-8-13/h11H,2-7,9-10H2,1H3,(H,14,16). The Bertz CT molecular complexity index is 259. The van der Waals surface area contributed by atoms with E-state index in [1.165, 1.54) is 6.42 Å². The second-order valence-electron chi connectivity index (χ2n) is 4.28. The summed E-state index contributed by atoms with van der Waals surface area (Å²) in [6, 6.07) is 2.21. The lowest BCUT2D eigenvalue weighted by molar-refractivity contribution is -0.127. The minimum atomic E-state index is 0.0563. The number of unbranched alkanes of at least 4 members (excludes halogenated alkanes) is 2. The zero-order chi connectivity index (χ0) is 11.8. The Morgan fingerprint density at radius 1 is 1.50 bits per heavy atom. The highest BCUT2D eigenvalue weighted by molar-refractivity contribution is 5.81. The average molecular weight is 223 g/mol. The molecule has 1 rings (SSSR count). The Kier molecular flexibility index (Phi) is 5.87. The lowest BCUT2D eigenvalue weighted by Crippen LogP contribution is -2.48. The van der Waals surface area contributed by atoms with Crippen LogP contribution in [0.15, 0.2) is 0 Å². The molecule has 0 radical (unpaired) electrons. The molecule has 1 aliphatic heterocycles. The molecular formula is C12H21N3O. The molecule has 0 saturated carbocycles. The molecule has 0 aromatic rings. The van der Waals surface area contributed by atoms with Crippen LogP contribution >= 0.6 is 0 Å². The van der Waals surface area contributed by atoms with Gasteiger partial charge < -0.3 is 5.32 Å². The molecule has 1 aliphatic rings. The highest BCUT2D eigenvalue weighted by atomic mass is 16.2. The monoisotopic (exact) mass is 223 g/mol. The third kappa shape index (κ3) is 3.82. The molecule has 0 aliphatic carbocycles. The van der Waals surface area contributed by atoms with Crippen LogP contribution in [0.1, 0.15) is 38.5 Å². The first kappa shape index (κ1) is 13.0. The van der Waals surface area contributed by atoms with Gasteiger partial charge in [-0.25, -0.2) is 0 Å². The summed E-state index contributed by atoms with van der Waals surface area (Å²) in [7, 11) is 1.70. The number of likely N-dealkylation sites (N-methyl/N-ethyl adjacent to an activating group) is 1. The second-order valence-corrected chi connectivity index (χ2v) is 4.28. The highest BCUT2D eigenvalue weighted by Crippen LogP contribution is 2.17. The summed E-state index contributed by atoms with van der Waals surface area (Å²) in [6.45, 7) is 1.96. The molecule has 1 fully saturated rings. The van der Waals surface area contributed by atoms with Crippen molar-refractivity contribution < 1.29 is 4.79 Å². The molecule has 1 amide bonds. The second kappa shape index (κ2) is 7.24. The van der Waals surface area contributed by atoms with Crippen LogP contribution in [-0.2, 0) is 4.79 Å². The van der Waals surface area contributed by atoms with E-state index in [4.69, 9.17) is 5.26 Å². The first-order valence-electron chi connectivity index (χ1n) is 6.12. The van der Waals surface area contributed by atoms with E-state index in [1.54, 1.807) is 7.05 Å². The summed E-state index contributed by atoms with van der Waals surface area (Å²) in [5, 5.41) is 11.2. The number of hydrogen-bond acceptors (Lipinski definition) is 3. The van der Waals surface area contributed by atoms with Gasteiger partial charge in [-0.05, 0) is 38.8 Å². The maximum absolute atomic E-state index is 11.7. The van der Waals surface area contributed by atoms with Gasteiger partial charge in [-0.15, -0.1) is 0 Å². The van der Waals surface area contributed by atoms with E-state index in [9.17, 15) is 4.79 Å². The number of rotatable bonds is 5. The smallest absolute Gasteiger partial charge is 0.237 e. The van der Waals surface area contributed by atoms with E-state index in [1.807, 2.05) is 0 Å². The first-order chi connectivity index (χ1) is 7.79. The van der Waals surface area contributed by atoms with Gasteiger partial charge in [-0.3, -0.25) is 9.69 Å². The minimum Gasteiger partial charge on any atom is -0.358 e. The summed E-state index contributed by atoms with van der Waals surface area (Å²) >= 11 is 0. The number of carbonyl (C=O) groups is 1. The van der Waals surface area contributed by atoms with Crippen molar-refractivity contribution in [1.29, 1.82) is 5.26 Å². The van der Waals surface area contributed by atoms with Crippen molar-refractivity contribution in [3.63, 3.8) is 0 Å². The molecule has 1 atom stereocenters. The van der Waals surface area contributed by atoms with Gasteiger partial charge in [0, 0.05) is 13.5 Å². The van der Waals surface area contributed by atoms with Crippen LogP contribution in [0.2, 0.25) is 0 Å². The van der Waals surface area contributed by atoms with Crippen molar-refractivity contribution in [2.45, 2.75) is 44.6 Å². The summed E-state index contributed by atoms with van der Waals surface area (Å²) in [4.78, 5) is 13.9. The highest BCUT2D eigenvalue weighted by Gasteiger charge is 2.27. The Morgan fingerprint density at radius 2 is 2.31 bits per heavy atom. The Morgan fingerprint density at radius 3 is 3.00 bits per heavy atom. The molecule has 1 heterocycles. The van der Waals surface area contributed by atoms with Crippen molar-refractivity contribution in [2.24, 2.45) is 0 Å². The maximum atomic E-state index is 11.7. The molecule has 1 saturated heterocycles. The predicted molar refractivity (Wildman–Crippen MR) is 62.7 cm³/mol. The Balaban J connectivity index is 2.35. The minimum absolute atomic E-state index is 0.0563.